The summed E-state index contributed by atoms with van der Waals surface area (Å²) in [6.45, 7) is 12.8. The monoisotopic (exact) mass is 254 g/mol. The molecule has 1 rings (SSSR count). The largest absolute Gasteiger partial charge is 0.0991 e. The smallest absolute Gasteiger partial charge is 0.00745 e. The van der Waals surface area contributed by atoms with Gasteiger partial charge in [0.2, 0.25) is 0 Å². The summed E-state index contributed by atoms with van der Waals surface area (Å²) in [4.78, 5) is 0. The SMILES string of the molecule is C=C/C=C\C=C(/C)c1ccccc1C(C)(CC)CC. The van der Waals surface area contributed by atoms with Crippen LogP contribution in [-0.4, -0.2) is 0 Å². The predicted molar refractivity (Wildman–Crippen MR) is 87.4 cm³/mol. The maximum absolute atomic E-state index is 3.70. The predicted octanol–water partition coefficient (Wildman–Crippen LogP) is 5.91. The van der Waals surface area contributed by atoms with Crippen molar-refractivity contribution in [3.63, 3.8) is 0 Å². The molecule has 0 bridgehead atoms. The number of rotatable bonds is 6. The highest BCUT2D eigenvalue weighted by Gasteiger charge is 2.24. The lowest BCUT2D eigenvalue weighted by Crippen LogP contribution is -2.21. The van der Waals surface area contributed by atoms with Crippen molar-refractivity contribution in [3.05, 3.63) is 66.3 Å². The molecule has 0 nitrogen and oxygen atoms in total. The topological polar surface area (TPSA) is 0 Å². The van der Waals surface area contributed by atoms with E-state index in [2.05, 4.69) is 64.6 Å². The van der Waals surface area contributed by atoms with Crippen molar-refractivity contribution >= 4 is 5.57 Å². The molecule has 0 N–H and O–H groups in total. The quantitative estimate of drug-likeness (QED) is 0.554. The first-order valence-electron chi connectivity index (χ1n) is 7.15. The highest BCUT2D eigenvalue weighted by Crippen LogP contribution is 2.35. The summed E-state index contributed by atoms with van der Waals surface area (Å²) >= 11 is 0. The van der Waals surface area contributed by atoms with Crippen molar-refractivity contribution < 1.29 is 0 Å². The summed E-state index contributed by atoms with van der Waals surface area (Å²) in [6, 6.07) is 8.78. The molecule has 0 heteroatoms. The molecule has 1 aromatic rings. The lowest BCUT2D eigenvalue weighted by molar-refractivity contribution is 0.438. The molecule has 0 fully saturated rings. The van der Waals surface area contributed by atoms with E-state index < -0.39 is 0 Å². The molecule has 0 atom stereocenters. The Hall–Kier alpha value is -1.56. The van der Waals surface area contributed by atoms with Crippen molar-refractivity contribution in [2.45, 2.75) is 46.0 Å². The van der Waals surface area contributed by atoms with Gasteiger partial charge in [-0.1, -0.05) is 75.9 Å². The summed E-state index contributed by atoms with van der Waals surface area (Å²) in [5.74, 6) is 0. The van der Waals surface area contributed by atoms with Gasteiger partial charge in [-0.15, -0.1) is 0 Å². The molecule has 0 spiro atoms. The summed E-state index contributed by atoms with van der Waals surface area (Å²) in [5.41, 5.74) is 4.39. The molecule has 1 aromatic carbocycles. The molecule has 0 aliphatic rings. The lowest BCUT2D eigenvalue weighted by Gasteiger charge is -2.30. The van der Waals surface area contributed by atoms with Gasteiger partial charge in [0.1, 0.15) is 0 Å². The van der Waals surface area contributed by atoms with Gasteiger partial charge in [0.25, 0.3) is 0 Å². The normalized spacial score (nSPS) is 12.9. The first-order valence-corrected chi connectivity index (χ1v) is 7.15. The molecule has 0 saturated carbocycles. The van der Waals surface area contributed by atoms with Gasteiger partial charge in [-0.2, -0.15) is 0 Å². The van der Waals surface area contributed by atoms with Crippen LogP contribution in [0, 0.1) is 0 Å². The van der Waals surface area contributed by atoms with E-state index in [1.165, 1.54) is 16.7 Å². The van der Waals surface area contributed by atoms with Crippen LogP contribution < -0.4 is 0 Å². The third-order valence-electron chi connectivity index (χ3n) is 4.16. The Kier molecular flexibility index (Phi) is 5.82. The minimum absolute atomic E-state index is 0.258. The summed E-state index contributed by atoms with van der Waals surface area (Å²) in [5, 5.41) is 0. The van der Waals surface area contributed by atoms with E-state index in [-0.39, 0.29) is 5.41 Å². The van der Waals surface area contributed by atoms with Crippen molar-refractivity contribution in [2.75, 3.05) is 0 Å². The molecule has 0 aromatic heterocycles. The Morgan fingerprint density at radius 3 is 2.37 bits per heavy atom. The molecule has 19 heavy (non-hydrogen) atoms. The molecule has 0 saturated heterocycles. The van der Waals surface area contributed by atoms with Crippen LogP contribution in [-0.2, 0) is 5.41 Å². The zero-order valence-electron chi connectivity index (χ0n) is 12.7. The standard InChI is InChI=1S/C19H26/c1-6-9-10-13-16(4)17-14-11-12-15-18(17)19(5,7-2)8-3/h6,9-15H,1,7-8H2,2-5H3/b10-9-,16-13+. The van der Waals surface area contributed by atoms with Crippen LogP contribution in [0.3, 0.4) is 0 Å². The van der Waals surface area contributed by atoms with E-state index in [9.17, 15) is 0 Å². The lowest BCUT2D eigenvalue weighted by atomic mass is 9.75. The summed E-state index contributed by atoms with van der Waals surface area (Å²) < 4.78 is 0. The van der Waals surface area contributed by atoms with Crippen LogP contribution in [0.15, 0.2) is 55.1 Å². The first-order chi connectivity index (χ1) is 9.09. The summed E-state index contributed by atoms with van der Waals surface area (Å²) in [7, 11) is 0. The third-order valence-corrected chi connectivity index (χ3v) is 4.16. The zero-order chi connectivity index (χ0) is 14.3. The van der Waals surface area contributed by atoms with E-state index in [1.807, 2.05) is 12.2 Å². The highest BCUT2D eigenvalue weighted by molar-refractivity contribution is 5.69. The Labute approximate surface area is 118 Å². The minimum Gasteiger partial charge on any atom is -0.0991 e. The average molecular weight is 254 g/mol. The third kappa shape index (κ3) is 3.70. The van der Waals surface area contributed by atoms with Gasteiger partial charge >= 0.3 is 0 Å². The van der Waals surface area contributed by atoms with Gasteiger partial charge in [-0.05, 0) is 41.9 Å². The number of hydrogen-bond acceptors (Lipinski definition) is 0. The Morgan fingerprint density at radius 1 is 1.16 bits per heavy atom. The fourth-order valence-corrected chi connectivity index (χ4v) is 2.35. The molecule has 0 amide bonds. The van der Waals surface area contributed by atoms with E-state index in [0.29, 0.717) is 0 Å². The molecular formula is C19H26. The zero-order valence-corrected chi connectivity index (χ0v) is 12.7. The van der Waals surface area contributed by atoms with Gasteiger partial charge in [0.15, 0.2) is 0 Å². The average Bonchev–Trinajstić information content (AvgIpc) is 2.46. The molecule has 102 valence electrons. The Morgan fingerprint density at radius 2 is 1.79 bits per heavy atom. The van der Waals surface area contributed by atoms with Gasteiger partial charge in [-0.3, -0.25) is 0 Å². The van der Waals surface area contributed by atoms with Crippen LogP contribution in [0.5, 0.6) is 0 Å². The van der Waals surface area contributed by atoms with Crippen molar-refractivity contribution in [1.29, 1.82) is 0 Å². The maximum Gasteiger partial charge on any atom is -0.00745 e. The fraction of sp³-hybridized carbons (Fsp3) is 0.368. The molecule has 0 unspecified atom stereocenters. The molecule has 0 heterocycles. The maximum atomic E-state index is 3.70. The van der Waals surface area contributed by atoms with Crippen molar-refractivity contribution in [1.82, 2.24) is 0 Å². The first kappa shape index (κ1) is 15.5. The molecule has 0 aliphatic carbocycles. The van der Waals surface area contributed by atoms with Crippen molar-refractivity contribution in [2.24, 2.45) is 0 Å². The second kappa shape index (κ2) is 7.13. The van der Waals surface area contributed by atoms with E-state index >= 15 is 0 Å². The number of hydrogen-bond donors (Lipinski definition) is 0. The second-order valence-corrected chi connectivity index (χ2v) is 5.28. The molecule has 0 aliphatic heterocycles. The highest BCUT2D eigenvalue weighted by atomic mass is 14.3. The van der Waals surface area contributed by atoms with Crippen LogP contribution in [0.2, 0.25) is 0 Å². The minimum atomic E-state index is 0.258. The van der Waals surface area contributed by atoms with Gasteiger partial charge in [-0.25, -0.2) is 0 Å². The van der Waals surface area contributed by atoms with Crippen LogP contribution >= 0.6 is 0 Å². The van der Waals surface area contributed by atoms with E-state index in [4.69, 9.17) is 0 Å². The number of allylic oxidation sites excluding steroid dienone is 5. The van der Waals surface area contributed by atoms with E-state index in [1.54, 1.807) is 6.08 Å². The summed E-state index contributed by atoms with van der Waals surface area (Å²) in [6.07, 6.45) is 10.3. The van der Waals surface area contributed by atoms with Crippen molar-refractivity contribution in [3.8, 4) is 0 Å². The molecular weight excluding hydrogens is 228 g/mol. The van der Waals surface area contributed by atoms with Gasteiger partial charge in [0, 0.05) is 0 Å². The van der Waals surface area contributed by atoms with Gasteiger partial charge in [0.05, 0.1) is 0 Å². The molecule has 0 radical (unpaired) electrons. The Bertz CT molecular complexity index is 471. The number of benzene rings is 1. The van der Waals surface area contributed by atoms with Crippen LogP contribution in [0.1, 0.15) is 51.7 Å². The van der Waals surface area contributed by atoms with Crippen LogP contribution in [0.4, 0.5) is 0 Å². The van der Waals surface area contributed by atoms with Crippen LogP contribution in [0.25, 0.3) is 5.57 Å². The Balaban J connectivity index is 3.26. The fourth-order valence-electron chi connectivity index (χ4n) is 2.35. The second-order valence-electron chi connectivity index (χ2n) is 5.28. The van der Waals surface area contributed by atoms with E-state index in [0.717, 1.165) is 12.8 Å². The van der Waals surface area contributed by atoms with Gasteiger partial charge < -0.3 is 0 Å².